The van der Waals surface area contributed by atoms with E-state index in [0.717, 1.165) is 23.4 Å². The van der Waals surface area contributed by atoms with Gasteiger partial charge in [0, 0.05) is 24.4 Å². The summed E-state index contributed by atoms with van der Waals surface area (Å²) in [6.07, 6.45) is 4.89. The molecule has 1 fully saturated rings. The summed E-state index contributed by atoms with van der Waals surface area (Å²) in [5.74, 6) is 0.894. The van der Waals surface area contributed by atoms with Crippen LogP contribution in [0.15, 0.2) is 36.7 Å². The van der Waals surface area contributed by atoms with Gasteiger partial charge in [-0.25, -0.2) is 10.4 Å². The number of hydrazine groups is 1. The number of aromatic amines is 1. The second-order valence-corrected chi connectivity index (χ2v) is 4.31. The molecule has 0 aliphatic carbocycles. The zero-order chi connectivity index (χ0) is 12.4. The van der Waals surface area contributed by atoms with Crippen molar-refractivity contribution >= 4 is 5.91 Å². The molecule has 1 amide bonds. The van der Waals surface area contributed by atoms with Crippen molar-refractivity contribution in [3.05, 3.63) is 42.2 Å². The molecule has 1 atom stereocenters. The minimum absolute atomic E-state index is 0.0433. The lowest BCUT2D eigenvalue weighted by atomic mass is 9.96. The first-order chi connectivity index (χ1) is 8.84. The predicted molar refractivity (Wildman–Crippen MR) is 67.3 cm³/mol. The van der Waals surface area contributed by atoms with Crippen LogP contribution in [-0.2, 0) is 4.79 Å². The Hall–Kier alpha value is -2.14. The fraction of sp³-hybridized carbons (Fsp3) is 0.231. The number of rotatable bonds is 2. The summed E-state index contributed by atoms with van der Waals surface area (Å²) < 4.78 is 0. The number of aromatic nitrogens is 2. The van der Waals surface area contributed by atoms with Crippen molar-refractivity contribution in [1.82, 2.24) is 20.8 Å². The molecule has 0 radical (unpaired) electrons. The highest BCUT2D eigenvalue weighted by Crippen LogP contribution is 2.29. The average molecular weight is 242 g/mol. The Morgan fingerprint density at radius 1 is 1.28 bits per heavy atom. The Morgan fingerprint density at radius 2 is 2.17 bits per heavy atom. The van der Waals surface area contributed by atoms with Crippen LogP contribution in [0.25, 0.3) is 11.4 Å². The minimum Gasteiger partial charge on any atom is -0.345 e. The number of carbonyl (C=O) groups excluding carboxylic acids is 1. The number of H-pyrrole nitrogens is 1. The predicted octanol–water partition coefficient (Wildman–Crippen LogP) is 1.53. The Bertz CT molecular complexity index is 540. The van der Waals surface area contributed by atoms with Gasteiger partial charge in [-0.15, -0.1) is 0 Å². The van der Waals surface area contributed by atoms with Gasteiger partial charge >= 0.3 is 0 Å². The molecule has 1 aromatic heterocycles. The Kier molecular flexibility index (Phi) is 2.82. The number of benzene rings is 1. The van der Waals surface area contributed by atoms with Crippen molar-refractivity contribution < 1.29 is 4.79 Å². The zero-order valence-electron chi connectivity index (χ0n) is 9.81. The Labute approximate surface area is 105 Å². The smallest absolute Gasteiger partial charge is 0.234 e. The molecule has 0 saturated carbocycles. The van der Waals surface area contributed by atoms with E-state index in [0.29, 0.717) is 6.42 Å². The van der Waals surface area contributed by atoms with Crippen LogP contribution >= 0.6 is 0 Å². The van der Waals surface area contributed by atoms with Crippen molar-refractivity contribution in [2.45, 2.75) is 18.9 Å². The van der Waals surface area contributed by atoms with Crippen LogP contribution in [0.4, 0.5) is 0 Å². The molecule has 0 bridgehead atoms. The van der Waals surface area contributed by atoms with Gasteiger partial charge in [0.15, 0.2) is 0 Å². The first kappa shape index (κ1) is 11.0. The number of hydrogen-bond donors (Lipinski definition) is 3. The van der Waals surface area contributed by atoms with Gasteiger partial charge in [0.2, 0.25) is 5.91 Å². The van der Waals surface area contributed by atoms with Gasteiger partial charge in [0.05, 0.1) is 6.04 Å². The normalized spacial score (nSPS) is 19.6. The van der Waals surface area contributed by atoms with Crippen LogP contribution < -0.4 is 10.9 Å². The lowest BCUT2D eigenvalue weighted by Gasteiger charge is -2.25. The second kappa shape index (κ2) is 4.62. The van der Waals surface area contributed by atoms with E-state index < -0.39 is 0 Å². The van der Waals surface area contributed by atoms with Crippen LogP contribution in [-0.4, -0.2) is 15.9 Å². The summed E-state index contributed by atoms with van der Waals surface area (Å²) in [6.45, 7) is 0. The quantitative estimate of drug-likeness (QED) is 0.748. The van der Waals surface area contributed by atoms with E-state index in [1.165, 1.54) is 0 Å². The highest BCUT2D eigenvalue weighted by Gasteiger charge is 2.21. The number of amides is 1. The first-order valence-electron chi connectivity index (χ1n) is 5.97. The topological polar surface area (TPSA) is 69.8 Å². The molecule has 5 nitrogen and oxygen atoms in total. The molecule has 3 rings (SSSR count). The number of nitrogens with one attached hydrogen (secondary N) is 3. The maximum atomic E-state index is 11.2. The molecule has 1 unspecified atom stereocenters. The highest BCUT2D eigenvalue weighted by molar-refractivity contribution is 5.76. The third kappa shape index (κ3) is 2.00. The van der Waals surface area contributed by atoms with Gasteiger partial charge in [0.1, 0.15) is 5.82 Å². The molecule has 0 spiro atoms. The van der Waals surface area contributed by atoms with Crippen LogP contribution in [0.5, 0.6) is 0 Å². The largest absolute Gasteiger partial charge is 0.345 e. The van der Waals surface area contributed by atoms with Gasteiger partial charge in [-0.1, -0.05) is 24.3 Å². The van der Waals surface area contributed by atoms with Crippen molar-refractivity contribution in [3.63, 3.8) is 0 Å². The first-order valence-corrected chi connectivity index (χ1v) is 5.97. The van der Waals surface area contributed by atoms with E-state index >= 15 is 0 Å². The SMILES string of the molecule is O=C1CCC(c2ccccc2-c2ncc[nH]2)NN1. The van der Waals surface area contributed by atoms with Crippen molar-refractivity contribution in [2.24, 2.45) is 0 Å². The van der Waals surface area contributed by atoms with Gasteiger partial charge in [-0.2, -0.15) is 0 Å². The Morgan fingerprint density at radius 3 is 2.89 bits per heavy atom. The third-order valence-corrected chi connectivity index (χ3v) is 3.14. The van der Waals surface area contributed by atoms with E-state index in [1.54, 1.807) is 6.20 Å². The van der Waals surface area contributed by atoms with E-state index in [-0.39, 0.29) is 11.9 Å². The summed E-state index contributed by atoms with van der Waals surface area (Å²) in [5, 5.41) is 0. The highest BCUT2D eigenvalue weighted by atomic mass is 16.2. The lowest BCUT2D eigenvalue weighted by Crippen LogP contribution is -2.44. The zero-order valence-corrected chi connectivity index (χ0v) is 9.81. The number of nitrogens with zero attached hydrogens (tertiary/aromatic N) is 1. The molecule has 2 aromatic rings. The molecule has 1 aliphatic rings. The molecule has 1 aromatic carbocycles. The molecular formula is C13H14N4O. The van der Waals surface area contributed by atoms with E-state index in [9.17, 15) is 4.79 Å². The van der Waals surface area contributed by atoms with Crippen LogP contribution in [0, 0.1) is 0 Å². The van der Waals surface area contributed by atoms with Crippen LogP contribution in [0.2, 0.25) is 0 Å². The average Bonchev–Trinajstić information content (AvgIpc) is 2.93. The van der Waals surface area contributed by atoms with Gasteiger partial charge < -0.3 is 4.98 Å². The number of hydrogen-bond acceptors (Lipinski definition) is 3. The van der Waals surface area contributed by atoms with Gasteiger partial charge in [-0.3, -0.25) is 10.2 Å². The van der Waals surface area contributed by atoms with E-state index in [1.807, 2.05) is 24.4 Å². The van der Waals surface area contributed by atoms with Crippen molar-refractivity contribution in [1.29, 1.82) is 0 Å². The lowest BCUT2D eigenvalue weighted by molar-refractivity contribution is -0.124. The molecule has 1 aliphatic heterocycles. The Balaban J connectivity index is 1.95. The van der Waals surface area contributed by atoms with Gasteiger partial charge in [-0.05, 0) is 12.0 Å². The minimum atomic E-state index is 0.0433. The van der Waals surface area contributed by atoms with Crippen LogP contribution in [0.1, 0.15) is 24.4 Å². The standard InChI is InChI=1S/C13H14N4O/c18-12-6-5-11(16-17-12)9-3-1-2-4-10(9)13-14-7-8-15-13/h1-4,7-8,11,16H,5-6H2,(H,14,15)(H,17,18). The van der Waals surface area contributed by atoms with Gasteiger partial charge in [0.25, 0.3) is 0 Å². The molecule has 18 heavy (non-hydrogen) atoms. The molecule has 1 saturated heterocycles. The molecule has 92 valence electrons. The summed E-state index contributed by atoms with van der Waals surface area (Å²) in [5.41, 5.74) is 7.94. The monoisotopic (exact) mass is 242 g/mol. The third-order valence-electron chi connectivity index (χ3n) is 3.14. The molecule has 3 N–H and O–H groups in total. The molecule has 2 heterocycles. The fourth-order valence-corrected chi connectivity index (χ4v) is 2.24. The summed E-state index contributed by atoms with van der Waals surface area (Å²) >= 11 is 0. The van der Waals surface area contributed by atoms with Crippen molar-refractivity contribution in [2.75, 3.05) is 0 Å². The maximum absolute atomic E-state index is 11.2. The second-order valence-electron chi connectivity index (χ2n) is 4.31. The summed E-state index contributed by atoms with van der Waals surface area (Å²) in [7, 11) is 0. The van der Waals surface area contributed by atoms with Crippen LogP contribution in [0.3, 0.4) is 0 Å². The fourth-order valence-electron chi connectivity index (χ4n) is 2.24. The maximum Gasteiger partial charge on any atom is 0.234 e. The van der Waals surface area contributed by atoms with E-state index in [4.69, 9.17) is 0 Å². The molecular weight excluding hydrogens is 228 g/mol. The van der Waals surface area contributed by atoms with E-state index in [2.05, 4.69) is 26.9 Å². The number of imidazole rings is 1. The summed E-state index contributed by atoms with van der Waals surface area (Å²) in [4.78, 5) is 18.6. The molecule has 5 heteroatoms. The summed E-state index contributed by atoms with van der Waals surface area (Å²) in [6, 6.07) is 8.21. The van der Waals surface area contributed by atoms with Crippen molar-refractivity contribution in [3.8, 4) is 11.4 Å². The number of carbonyl (C=O) groups is 1.